The van der Waals surface area contributed by atoms with E-state index in [0.717, 1.165) is 0 Å². The molecule has 182 valence electrons. The van der Waals surface area contributed by atoms with Crippen molar-refractivity contribution in [2.45, 2.75) is 90.9 Å². The minimum absolute atomic E-state index is 0. The standard InChI is InChI=1S/C14H30.C6H14O4.Na.H2O4S.H/c1-3-5-7-9-11-13-14-12-10-8-6-4-2;7-1-3-9-5-6-10-4-2-8;;1-5(2,3)4;/h3-14H2,1-2H3;7-8H,1-6H2;;(H2,1,2,3,4);. The van der Waals surface area contributed by atoms with Crippen LogP contribution in [0, 0.1) is 0 Å². The molecule has 0 aromatic carbocycles. The molecule has 0 saturated carbocycles. The van der Waals surface area contributed by atoms with Crippen molar-refractivity contribution < 1.29 is 37.2 Å². The van der Waals surface area contributed by atoms with Gasteiger partial charge in [-0.15, -0.1) is 0 Å². The van der Waals surface area contributed by atoms with E-state index in [-0.39, 0.29) is 42.8 Å². The van der Waals surface area contributed by atoms with E-state index < -0.39 is 10.4 Å². The van der Waals surface area contributed by atoms with Crippen molar-refractivity contribution in [3.05, 3.63) is 0 Å². The molecule has 0 aromatic rings. The number of hydrogen-bond donors (Lipinski definition) is 4. The second-order valence-electron chi connectivity index (χ2n) is 6.66. The Kier molecular flexibility index (Phi) is 43.5. The zero-order valence-corrected chi connectivity index (χ0v) is 19.4. The molecule has 8 nitrogen and oxygen atoms in total. The molecule has 0 heterocycles. The summed E-state index contributed by atoms with van der Waals surface area (Å²) in [6.07, 6.45) is 17.4. The van der Waals surface area contributed by atoms with E-state index in [4.69, 9.17) is 37.2 Å². The summed E-state index contributed by atoms with van der Waals surface area (Å²) in [7, 11) is -4.67. The Balaban J connectivity index is -0.000000185. The van der Waals surface area contributed by atoms with Gasteiger partial charge in [0.1, 0.15) is 0 Å². The summed E-state index contributed by atoms with van der Waals surface area (Å²) in [4.78, 5) is 0. The second-order valence-corrected chi connectivity index (χ2v) is 7.55. The molecule has 30 heavy (non-hydrogen) atoms. The average molecular weight is 471 g/mol. The van der Waals surface area contributed by atoms with Gasteiger partial charge >= 0.3 is 40.0 Å². The monoisotopic (exact) mass is 470 g/mol. The predicted octanol–water partition coefficient (Wildman–Crippen LogP) is 3.41. The molecule has 0 spiro atoms. The fourth-order valence-electron chi connectivity index (χ4n) is 2.37. The van der Waals surface area contributed by atoms with Gasteiger partial charge in [0.05, 0.1) is 39.6 Å². The normalized spacial score (nSPS) is 10.3. The Hall–Kier alpha value is 0.710. The van der Waals surface area contributed by atoms with Crippen LogP contribution in [0.5, 0.6) is 0 Å². The molecule has 0 rings (SSSR count). The number of hydrogen-bond acceptors (Lipinski definition) is 6. The van der Waals surface area contributed by atoms with Gasteiger partial charge in [0.25, 0.3) is 0 Å². The summed E-state index contributed by atoms with van der Waals surface area (Å²) in [6, 6.07) is 0. The quantitative estimate of drug-likeness (QED) is 0.136. The molecule has 10 heteroatoms. The van der Waals surface area contributed by atoms with Gasteiger partial charge in [0.2, 0.25) is 0 Å². The van der Waals surface area contributed by atoms with Gasteiger partial charge < -0.3 is 19.7 Å². The Bertz CT molecular complexity index is 342. The van der Waals surface area contributed by atoms with Crippen LogP contribution in [0.2, 0.25) is 0 Å². The van der Waals surface area contributed by atoms with E-state index in [1.165, 1.54) is 77.0 Å². The molecular weight excluding hydrogens is 423 g/mol. The van der Waals surface area contributed by atoms with Crippen molar-refractivity contribution in [1.29, 1.82) is 0 Å². The Labute approximate surface area is 207 Å². The van der Waals surface area contributed by atoms with E-state index in [0.29, 0.717) is 26.4 Å². The SMILES string of the molecule is CCCCCCCCCCCCCC.O=S(=O)(O)O.OCCOCCOCCO.[NaH]. The molecular formula is C20H47NaO8S. The topological polar surface area (TPSA) is 134 Å². The summed E-state index contributed by atoms with van der Waals surface area (Å²) < 4.78 is 41.3. The summed E-state index contributed by atoms with van der Waals surface area (Å²) in [5.74, 6) is 0. The van der Waals surface area contributed by atoms with Crippen LogP contribution in [-0.2, 0) is 19.9 Å². The van der Waals surface area contributed by atoms with E-state index >= 15 is 0 Å². The van der Waals surface area contributed by atoms with Gasteiger partial charge in [0.15, 0.2) is 0 Å². The van der Waals surface area contributed by atoms with Crippen LogP contribution in [-0.4, -0.2) is 96.9 Å². The molecule has 0 radical (unpaired) electrons. The van der Waals surface area contributed by atoms with Crippen molar-refractivity contribution >= 4 is 40.0 Å². The maximum absolute atomic E-state index is 8.74. The van der Waals surface area contributed by atoms with Crippen molar-refractivity contribution in [1.82, 2.24) is 0 Å². The summed E-state index contributed by atoms with van der Waals surface area (Å²) in [6.45, 7) is 6.30. The zero-order chi connectivity index (χ0) is 22.6. The summed E-state index contributed by atoms with van der Waals surface area (Å²) in [5.41, 5.74) is 0. The summed E-state index contributed by atoms with van der Waals surface area (Å²) in [5, 5.41) is 16.5. The number of unbranched alkanes of at least 4 members (excludes halogenated alkanes) is 11. The third-order valence-corrected chi connectivity index (χ3v) is 3.80. The van der Waals surface area contributed by atoms with E-state index in [1.54, 1.807) is 0 Å². The molecule has 0 unspecified atom stereocenters. The van der Waals surface area contributed by atoms with E-state index in [9.17, 15) is 0 Å². The first kappa shape index (κ1) is 38.0. The number of rotatable bonds is 18. The molecule has 0 aromatic heterocycles. The van der Waals surface area contributed by atoms with E-state index in [2.05, 4.69) is 13.8 Å². The Morgan fingerprint density at radius 1 is 0.567 bits per heavy atom. The van der Waals surface area contributed by atoms with Crippen LogP contribution >= 0.6 is 0 Å². The third kappa shape index (κ3) is 63.0. The van der Waals surface area contributed by atoms with Crippen LogP contribution in [0.1, 0.15) is 90.9 Å². The number of ether oxygens (including phenoxy) is 2. The van der Waals surface area contributed by atoms with Crippen LogP contribution in [0.25, 0.3) is 0 Å². The predicted molar refractivity (Wildman–Crippen MR) is 124 cm³/mol. The van der Waals surface area contributed by atoms with Crippen LogP contribution in [0.4, 0.5) is 0 Å². The van der Waals surface area contributed by atoms with Gasteiger partial charge in [-0.25, -0.2) is 0 Å². The van der Waals surface area contributed by atoms with Gasteiger partial charge in [0, 0.05) is 0 Å². The maximum atomic E-state index is 8.74. The number of aliphatic hydroxyl groups is 2. The molecule has 0 aliphatic rings. The fraction of sp³-hybridized carbons (Fsp3) is 1.00. The van der Waals surface area contributed by atoms with Crippen LogP contribution in [0.3, 0.4) is 0 Å². The molecule has 4 N–H and O–H groups in total. The molecule has 0 fully saturated rings. The first-order valence-electron chi connectivity index (χ1n) is 10.9. The average Bonchev–Trinajstić information content (AvgIpc) is 2.65. The minimum atomic E-state index is -4.67. The number of aliphatic hydroxyl groups excluding tert-OH is 2. The first-order chi connectivity index (χ1) is 13.8. The van der Waals surface area contributed by atoms with Gasteiger partial charge in [-0.1, -0.05) is 90.9 Å². The first-order valence-corrected chi connectivity index (χ1v) is 12.3. The molecule has 0 aliphatic carbocycles. The van der Waals surface area contributed by atoms with Crippen LogP contribution < -0.4 is 0 Å². The molecule has 0 aliphatic heterocycles. The molecule has 0 bridgehead atoms. The zero-order valence-electron chi connectivity index (χ0n) is 18.6. The second kappa shape index (κ2) is 34.3. The summed E-state index contributed by atoms with van der Waals surface area (Å²) >= 11 is 0. The Morgan fingerprint density at radius 3 is 1.00 bits per heavy atom. The van der Waals surface area contributed by atoms with Gasteiger partial charge in [-0.3, -0.25) is 9.11 Å². The molecule has 0 atom stereocenters. The van der Waals surface area contributed by atoms with E-state index in [1.807, 2.05) is 0 Å². The van der Waals surface area contributed by atoms with Crippen molar-refractivity contribution in [3.63, 3.8) is 0 Å². The van der Waals surface area contributed by atoms with Crippen molar-refractivity contribution in [2.24, 2.45) is 0 Å². The van der Waals surface area contributed by atoms with Crippen molar-refractivity contribution in [3.8, 4) is 0 Å². The fourth-order valence-corrected chi connectivity index (χ4v) is 2.37. The van der Waals surface area contributed by atoms with Crippen molar-refractivity contribution in [2.75, 3.05) is 39.6 Å². The Morgan fingerprint density at radius 2 is 0.800 bits per heavy atom. The molecule has 0 saturated heterocycles. The molecule has 0 amide bonds. The third-order valence-electron chi connectivity index (χ3n) is 3.80. The van der Waals surface area contributed by atoms with Crippen LogP contribution in [0.15, 0.2) is 0 Å². The van der Waals surface area contributed by atoms with Gasteiger partial charge in [-0.05, 0) is 0 Å². The van der Waals surface area contributed by atoms with Gasteiger partial charge in [-0.2, -0.15) is 8.42 Å².